The third-order valence-electron chi connectivity index (χ3n) is 11.9. The van der Waals surface area contributed by atoms with E-state index in [1.807, 2.05) is 0 Å². The second-order valence-corrected chi connectivity index (χ2v) is 15.8. The zero-order valence-electron chi connectivity index (χ0n) is 36.3. The summed E-state index contributed by atoms with van der Waals surface area (Å²) in [4.78, 5) is 8.38. The molecule has 26 heteroatoms. The van der Waals surface area contributed by atoms with E-state index in [4.69, 9.17) is 0 Å². The summed E-state index contributed by atoms with van der Waals surface area (Å²) in [6.45, 7) is 0. The summed E-state index contributed by atoms with van der Waals surface area (Å²) in [6, 6.07) is 10.9. The largest absolute Gasteiger partial charge is 0.221 e. The molecule has 76 heavy (non-hydrogen) atoms. The number of halogens is 16. The molecular formula is C50H10F16N10. The molecule has 8 aromatic rings. The minimum Gasteiger partial charge on any atom is -0.221 e. The molecule has 0 bridgehead atoms. The number of rotatable bonds is 6. The molecule has 2 aliphatic rings. The fourth-order valence-corrected chi connectivity index (χ4v) is 8.62. The molecule has 0 saturated heterocycles. The summed E-state index contributed by atoms with van der Waals surface area (Å²) >= 11 is 0. The molecule has 0 N–H and O–H groups in total. The number of hydrogen-bond acceptors (Lipinski definition) is 8. The predicted octanol–water partition coefficient (Wildman–Crippen LogP) is 11.3. The lowest BCUT2D eigenvalue weighted by atomic mass is 9.84. The van der Waals surface area contributed by atoms with Crippen LogP contribution in [0.5, 0.6) is 0 Å². The fraction of sp³-hybridized carbons (Fsp3) is 0. The average molecular weight is 1050 g/mol. The maximum atomic E-state index is 16.8. The highest BCUT2D eigenvalue weighted by Gasteiger charge is 2.45. The Morgan fingerprint density at radius 3 is 0.829 bits per heavy atom. The van der Waals surface area contributed by atoms with Crippen molar-refractivity contribution in [3.63, 3.8) is 0 Å². The van der Waals surface area contributed by atoms with Crippen molar-refractivity contribution in [3.8, 4) is 24.3 Å². The number of hydrogen-bond donors (Lipinski definition) is 0. The van der Waals surface area contributed by atoms with E-state index in [1.165, 1.54) is 36.4 Å². The van der Waals surface area contributed by atoms with Crippen molar-refractivity contribution in [3.05, 3.63) is 232 Å². The van der Waals surface area contributed by atoms with Crippen LogP contribution in [0, 0.1) is 138 Å². The topological polar surface area (TPSA) is 156 Å². The van der Waals surface area contributed by atoms with E-state index in [1.54, 1.807) is 0 Å². The Morgan fingerprint density at radius 1 is 0.355 bits per heavy atom. The van der Waals surface area contributed by atoms with E-state index in [0.717, 1.165) is 45.7 Å². The number of benzene rings is 4. The number of pyridine rings is 2. The number of nitrogens with zero attached hydrogens (tertiary/aromatic N) is 10. The quantitative estimate of drug-likeness (QED) is 0.118. The summed E-state index contributed by atoms with van der Waals surface area (Å²) in [6.07, 6.45) is 3.37. The number of fused-ring (bicyclic) bond motifs is 2. The van der Waals surface area contributed by atoms with Crippen molar-refractivity contribution in [1.82, 2.24) is 29.2 Å². The minimum absolute atomic E-state index is 0.214. The van der Waals surface area contributed by atoms with Gasteiger partial charge in [0.05, 0.1) is 22.3 Å². The van der Waals surface area contributed by atoms with Gasteiger partial charge in [-0.1, -0.05) is 12.1 Å². The van der Waals surface area contributed by atoms with Gasteiger partial charge in [-0.2, -0.15) is 21.0 Å². The van der Waals surface area contributed by atoms with Gasteiger partial charge in [0.15, 0.2) is 116 Å². The molecule has 372 valence electrons. The molecule has 0 aliphatic heterocycles. The minimum atomic E-state index is -2.75. The molecular weight excluding hydrogens is 1040 g/mol. The van der Waals surface area contributed by atoms with Crippen molar-refractivity contribution in [1.29, 1.82) is 21.0 Å². The lowest BCUT2D eigenvalue weighted by Crippen LogP contribution is -2.14. The van der Waals surface area contributed by atoms with E-state index in [0.29, 0.717) is 12.2 Å². The zero-order valence-corrected chi connectivity index (χ0v) is 36.3. The smallest absolute Gasteiger partial charge is 0.182 e. The summed E-state index contributed by atoms with van der Waals surface area (Å²) in [5.74, 6) is -44.8. The van der Waals surface area contributed by atoms with Crippen LogP contribution >= 0.6 is 0 Å². The molecule has 10 rings (SSSR count). The van der Waals surface area contributed by atoms with Gasteiger partial charge < -0.3 is 0 Å². The standard InChI is InChI=1S/C50H10F16N10/c51-33-19(11-67)34(52)42(60)29(41(33)59)27(30-43(61)35(53)20(12-68)36(54)44(30)62)25-16-10-18(50-72-24-6-2-4-8-76(24)74-50)26(15(16)9-17(25)49-71-23-5-1-3-7-75(23)73-49)28(31-45(63)37(55)21(13-69)38(56)46(31)64)32-47(65)39(57)22(14-70)40(58)48(32)66/h1-10H. The molecule has 4 aromatic heterocycles. The van der Waals surface area contributed by atoms with Crippen LogP contribution in [0.3, 0.4) is 0 Å². The highest BCUT2D eigenvalue weighted by atomic mass is 19.2. The first kappa shape index (κ1) is 49.2. The molecule has 0 unspecified atom stereocenters. The maximum absolute atomic E-state index is 16.8. The van der Waals surface area contributed by atoms with Gasteiger partial charge in [0, 0.05) is 45.8 Å². The first-order valence-electron chi connectivity index (χ1n) is 20.6. The average Bonchev–Trinajstić information content (AvgIpc) is 4.21. The molecule has 4 heterocycles. The second-order valence-electron chi connectivity index (χ2n) is 15.8. The summed E-state index contributed by atoms with van der Waals surface area (Å²) < 4.78 is 263. The van der Waals surface area contributed by atoms with Crippen molar-refractivity contribution in [2.24, 2.45) is 0 Å². The van der Waals surface area contributed by atoms with Gasteiger partial charge in [0.2, 0.25) is 0 Å². The van der Waals surface area contributed by atoms with Gasteiger partial charge >= 0.3 is 0 Å². The Hall–Kier alpha value is -10.3. The summed E-state index contributed by atoms with van der Waals surface area (Å²) in [5, 5.41) is 46.1. The third-order valence-corrected chi connectivity index (χ3v) is 11.9. The molecule has 0 amide bonds. The highest BCUT2D eigenvalue weighted by molar-refractivity contribution is 6.12. The molecule has 2 aliphatic carbocycles. The van der Waals surface area contributed by atoms with Crippen LogP contribution in [0.4, 0.5) is 70.2 Å². The van der Waals surface area contributed by atoms with Crippen molar-refractivity contribution in [2.75, 3.05) is 0 Å². The monoisotopic (exact) mass is 1050 g/mol. The van der Waals surface area contributed by atoms with E-state index in [9.17, 15) is 21.0 Å². The van der Waals surface area contributed by atoms with Crippen LogP contribution in [0.2, 0.25) is 0 Å². The Morgan fingerprint density at radius 2 is 0.605 bits per heavy atom. The summed E-state index contributed by atoms with van der Waals surface area (Å²) in [7, 11) is 0. The van der Waals surface area contributed by atoms with E-state index < -0.39 is 194 Å². The lowest BCUT2D eigenvalue weighted by Gasteiger charge is -2.20. The van der Waals surface area contributed by atoms with E-state index in [2.05, 4.69) is 20.2 Å². The number of allylic oxidation sites excluding steroid dienone is 8. The third kappa shape index (κ3) is 6.80. The van der Waals surface area contributed by atoms with Gasteiger partial charge in [-0.05, 0) is 47.6 Å². The Kier molecular flexibility index (Phi) is 11.5. The van der Waals surface area contributed by atoms with Gasteiger partial charge in [-0.3, -0.25) is 0 Å². The van der Waals surface area contributed by atoms with Crippen LogP contribution in [-0.2, 0) is 0 Å². The van der Waals surface area contributed by atoms with Gasteiger partial charge in [-0.15, -0.1) is 10.2 Å². The second kappa shape index (κ2) is 17.7. The van der Waals surface area contributed by atoms with Crippen molar-refractivity contribution < 1.29 is 70.2 Å². The van der Waals surface area contributed by atoms with Crippen molar-refractivity contribution >= 4 is 33.6 Å². The van der Waals surface area contributed by atoms with E-state index in [-0.39, 0.29) is 11.3 Å². The summed E-state index contributed by atoms with van der Waals surface area (Å²) in [5.41, 5.74) is -29.1. The Labute approximate surface area is 410 Å². The van der Waals surface area contributed by atoms with Gasteiger partial charge in [0.1, 0.15) is 46.5 Å². The molecule has 10 nitrogen and oxygen atoms in total. The van der Waals surface area contributed by atoms with Crippen LogP contribution in [0.1, 0.15) is 56.2 Å². The van der Waals surface area contributed by atoms with Crippen LogP contribution in [-0.4, -0.2) is 29.2 Å². The van der Waals surface area contributed by atoms with Crippen LogP contribution in [0.15, 0.2) is 83.2 Å². The fourth-order valence-electron chi connectivity index (χ4n) is 8.62. The molecule has 0 radical (unpaired) electrons. The molecule has 0 atom stereocenters. The first-order chi connectivity index (χ1) is 36.2. The lowest BCUT2D eigenvalue weighted by molar-refractivity contribution is 0.440. The number of nitriles is 4. The molecule has 0 spiro atoms. The maximum Gasteiger partial charge on any atom is 0.182 e. The normalized spacial score (nSPS) is 13.0. The van der Waals surface area contributed by atoms with Crippen LogP contribution < -0.4 is 0 Å². The molecule has 0 fully saturated rings. The number of aromatic nitrogens is 6. The predicted molar refractivity (Wildman–Crippen MR) is 225 cm³/mol. The molecule has 4 aromatic carbocycles. The Balaban J connectivity index is 1.53. The Bertz CT molecular complexity index is 3790. The zero-order chi connectivity index (χ0) is 54.7. The highest BCUT2D eigenvalue weighted by Crippen LogP contribution is 2.56. The SMILES string of the molecule is N#Cc1c(F)c(F)c(C(=C2C(c3nc4ccccn4n3)=CC3=C2C=C(c2nc4ccccn4n2)C3=C(c2c(F)c(F)c(C#N)c(F)c2F)c2c(F)c(F)c(C#N)c(F)c2F)c2c(F)c(F)c(C#N)c(F)c2F)c(F)c1F. The van der Waals surface area contributed by atoms with Gasteiger partial charge in [0.25, 0.3) is 0 Å². The van der Waals surface area contributed by atoms with Crippen molar-refractivity contribution in [2.45, 2.75) is 0 Å². The first-order valence-corrected chi connectivity index (χ1v) is 20.6. The van der Waals surface area contributed by atoms with Gasteiger partial charge in [-0.25, -0.2) is 89.2 Å². The molecule has 0 saturated carbocycles. The van der Waals surface area contributed by atoms with E-state index >= 15 is 70.2 Å². The van der Waals surface area contributed by atoms with Crippen LogP contribution in [0.25, 0.3) is 33.6 Å².